The van der Waals surface area contributed by atoms with Crippen LogP contribution in [0.4, 0.5) is 0 Å². The molecular weight excluding hydrogens is 350 g/mol. The van der Waals surface area contributed by atoms with Crippen molar-refractivity contribution in [2.75, 3.05) is 19.6 Å². The fourth-order valence-electron chi connectivity index (χ4n) is 3.53. The summed E-state index contributed by atoms with van der Waals surface area (Å²) in [7, 11) is 0. The second kappa shape index (κ2) is 10.5. The first-order chi connectivity index (χ1) is 13.3. The summed E-state index contributed by atoms with van der Waals surface area (Å²) in [5.74, 6) is 0.663. The van der Waals surface area contributed by atoms with Crippen molar-refractivity contribution < 1.29 is 4.79 Å². The number of nitrogens with one attached hydrogen (secondary N) is 3. The lowest BCUT2D eigenvalue weighted by Gasteiger charge is -2.38. The lowest BCUT2D eigenvalue weighted by molar-refractivity contribution is -0.121. The third-order valence-electron chi connectivity index (χ3n) is 4.82. The zero-order valence-corrected chi connectivity index (χ0v) is 18.1. The Hall–Kier alpha value is -2.08. The third-order valence-corrected chi connectivity index (χ3v) is 4.82. The van der Waals surface area contributed by atoms with Crippen molar-refractivity contribution >= 4 is 11.9 Å². The number of aliphatic imine (C=N–C) groups is 1. The number of nitrogens with zero attached hydrogens (tertiary/aromatic N) is 2. The molecule has 1 heterocycles. The SMILES string of the molecule is CCNC(=NCC(=O)NC(C)(C)C)NC1CCN(Cc2ccccc2)C(C)C1. The zero-order valence-electron chi connectivity index (χ0n) is 18.1. The Morgan fingerprint density at radius 2 is 1.96 bits per heavy atom. The van der Waals surface area contributed by atoms with Gasteiger partial charge in [-0.1, -0.05) is 30.3 Å². The summed E-state index contributed by atoms with van der Waals surface area (Å²) in [6, 6.07) is 11.5. The molecule has 1 aliphatic heterocycles. The summed E-state index contributed by atoms with van der Waals surface area (Å²) in [6.45, 7) is 13.2. The molecular formula is C22H37N5O. The van der Waals surface area contributed by atoms with Crippen LogP contribution in [0.15, 0.2) is 35.3 Å². The number of rotatable bonds is 6. The van der Waals surface area contributed by atoms with E-state index in [0.717, 1.165) is 38.4 Å². The molecule has 0 radical (unpaired) electrons. The van der Waals surface area contributed by atoms with E-state index in [2.05, 4.69) is 63.1 Å². The number of carbonyl (C=O) groups excluding carboxylic acids is 1. The maximum absolute atomic E-state index is 12.0. The molecule has 0 bridgehead atoms. The highest BCUT2D eigenvalue weighted by atomic mass is 16.2. The average Bonchev–Trinajstić information content (AvgIpc) is 2.62. The van der Waals surface area contributed by atoms with Gasteiger partial charge in [-0.15, -0.1) is 0 Å². The van der Waals surface area contributed by atoms with E-state index in [1.165, 1.54) is 5.56 Å². The molecule has 1 fully saturated rings. The third kappa shape index (κ3) is 7.89. The first-order valence-electron chi connectivity index (χ1n) is 10.4. The van der Waals surface area contributed by atoms with E-state index < -0.39 is 0 Å². The van der Waals surface area contributed by atoms with Gasteiger partial charge in [-0.3, -0.25) is 9.69 Å². The van der Waals surface area contributed by atoms with Gasteiger partial charge in [-0.05, 0) is 53.0 Å². The predicted octanol–water partition coefficient (Wildman–Crippen LogP) is 2.51. The van der Waals surface area contributed by atoms with Crippen molar-refractivity contribution in [1.29, 1.82) is 0 Å². The minimum Gasteiger partial charge on any atom is -0.357 e. The molecule has 0 aromatic heterocycles. The molecule has 28 heavy (non-hydrogen) atoms. The van der Waals surface area contributed by atoms with E-state index in [-0.39, 0.29) is 18.0 Å². The number of hydrogen-bond acceptors (Lipinski definition) is 3. The summed E-state index contributed by atoms with van der Waals surface area (Å²) in [5.41, 5.74) is 1.12. The monoisotopic (exact) mass is 387 g/mol. The Bertz CT molecular complexity index is 638. The van der Waals surface area contributed by atoms with Crippen molar-refractivity contribution in [1.82, 2.24) is 20.9 Å². The average molecular weight is 388 g/mol. The van der Waals surface area contributed by atoms with Crippen molar-refractivity contribution in [3.63, 3.8) is 0 Å². The minimum atomic E-state index is -0.237. The highest BCUT2D eigenvalue weighted by molar-refractivity contribution is 5.85. The molecule has 6 heteroatoms. The summed E-state index contributed by atoms with van der Waals surface area (Å²) in [5, 5.41) is 9.73. The number of amides is 1. The molecule has 1 aromatic carbocycles. The Kier molecular flexibility index (Phi) is 8.30. The summed E-state index contributed by atoms with van der Waals surface area (Å²) in [6.07, 6.45) is 2.13. The molecule has 2 rings (SSSR count). The van der Waals surface area contributed by atoms with Gasteiger partial charge in [0, 0.05) is 37.3 Å². The van der Waals surface area contributed by atoms with E-state index in [9.17, 15) is 4.79 Å². The van der Waals surface area contributed by atoms with E-state index in [1.807, 2.05) is 27.7 Å². The fraction of sp³-hybridized carbons (Fsp3) is 0.636. The Morgan fingerprint density at radius 3 is 2.57 bits per heavy atom. The number of hydrogen-bond donors (Lipinski definition) is 3. The topological polar surface area (TPSA) is 68.8 Å². The lowest BCUT2D eigenvalue weighted by atomic mass is 9.97. The number of guanidine groups is 1. The molecule has 2 unspecified atom stereocenters. The quantitative estimate of drug-likeness (QED) is 0.518. The van der Waals surface area contributed by atoms with Crippen LogP contribution < -0.4 is 16.0 Å². The smallest absolute Gasteiger partial charge is 0.242 e. The molecule has 3 N–H and O–H groups in total. The number of benzene rings is 1. The minimum absolute atomic E-state index is 0.0595. The van der Waals surface area contributed by atoms with Gasteiger partial charge in [-0.2, -0.15) is 0 Å². The first kappa shape index (κ1) is 22.2. The van der Waals surface area contributed by atoms with Gasteiger partial charge in [0.25, 0.3) is 0 Å². The van der Waals surface area contributed by atoms with Gasteiger partial charge in [0.05, 0.1) is 0 Å². The summed E-state index contributed by atoms with van der Waals surface area (Å²) < 4.78 is 0. The summed E-state index contributed by atoms with van der Waals surface area (Å²) >= 11 is 0. The van der Waals surface area contributed by atoms with Crippen LogP contribution in [-0.4, -0.2) is 54.0 Å². The van der Waals surface area contributed by atoms with Gasteiger partial charge < -0.3 is 16.0 Å². The highest BCUT2D eigenvalue weighted by Gasteiger charge is 2.26. The zero-order chi connectivity index (χ0) is 20.6. The van der Waals surface area contributed by atoms with Gasteiger partial charge in [0.1, 0.15) is 6.54 Å². The van der Waals surface area contributed by atoms with Crippen LogP contribution in [0.1, 0.15) is 53.0 Å². The molecule has 2 atom stereocenters. The molecule has 1 amide bonds. The molecule has 1 aliphatic rings. The van der Waals surface area contributed by atoms with Gasteiger partial charge in [-0.25, -0.2) is 4.99 Å². The van der Waals surface area contributed by atoms with Crippen molar-refractivity contribution in [3.8, 4) is 0 Å². The Balaban J connectivity index is 1.86. The van der Waals surface area contributed by atoms with Gasteiger partial charge >= 0.3 is 0 Å². The van der Waals surface area contributed by atoms with Crippen LogP contribution >= 0.6 is 0 Å². The molecule has 6 nitrogen and oxygen atoms in total. The van der Waals surface area contributed by atoms with E-state index in [0.29, 0.717) is 12.1 Å². The van der Waals surface area contributed by atoms with Crippen LogP contribution in [0.2, 0.25) is 0 Å². The van der Waals surface area contributed by atoms with Crippen LogP contribution in [0.25, 0.3) is 0 Å². The molecule has 1 saturated heterocycles. The lowest BCUT2D eigenvalue weighted by Crippen LogP contribution is -2.51. The highest BCUT2D eigenvalue weighted by Crippen LogP contribution is 2.19. The number of likely N-dealkylation sites (tertiary alicyclic amines) is 1. The van der Waals surface area contributed by atoms with Gasteiger partial charge in [0.15, 0.2) is 5.96 Å². The summed E-state index contributed by atoms with van der Waals surface area (Å²) in [4.78, 5) is 19.1. The van der Waals surface area contributed by atoms with Crippen molar-refractivity contribution in [2.24, 2.45) is 4.99 Å². The fourth-order valence-corrected chi connectivity index (χ4v) is 3.53. The molecule has 1 aromatic rings. The van der Waals surface area contributed by atoms with E-state index >= 15 is 0 Å². The van der Waals surface area contributed by atoms with Crippen LogP contribution in [0, 0.1) is 0 Å². The molecule has 156 valence electrons. The first-order valence-corrected chi connectivity index (χ1v) is 10.4. The molecule has 0 saturated carbocycles. The van der Waals surface area contributed by atoms with Crippen molar-refractivity contribution in [2.45, 2.75) is 71.6 Å². The van der Waals surface area contributed by atoms with Crippen LogP contribution in [-0.2, 0) is 11.3 Å². The largest absolute Gasteiger partial charge is 0.357 e. The normalized spacial score (nSPS) is 21.2. The number of carbonyl (C=O) groups is 1. The maximum atomic E-state index is 12.0. The van der Waals surface area contributed by atoms with Crippen molar-refractivity contribution in [3.05, 3.63) is 35.9 Å². The Morgan fingerprint density at radius 1 is 1.25 bits per heavy atom. The van der Waals surface area contributed by atoms with Crippen LogP contribution in [0.3, 0.4) is 0 Å². The van der Waals surface area contributed by atoms with Crippen LogP contribution in [0.5, 0.6) is 0 Å². The second-order valence-electron chi connectivity index (χ2n) is 8.66. The molecule has 0 spiro atoms. The van der Waals surface area contributed by atoms with E-state index in [4.69, 9.17) is 0 Å². The van der Waals surface area contributed by atoms with E-state index in [1.54, 1.807) is 0 Å². The maximum Gasteiger partial charge on any atom is 0.242 e. The Labute approximate surface area is 170 Å². The number of piperidine rings is 1. The predicted molar refractivity (Wildman–Crippen MR) is 116 cm³/mol. The van der Waals surface area contributed by atoms with Gasteiger partial charge in [0.2, 0.25) is 5.91 Å². The molecule has 0 aliphatic carbocycles. The second-order valence-corrected chi connectivity index (χ2v) is 8.66. The standard InChI is InChI=1S/C22H37N5O/c1-6-23-21(24-15-20(28)26-22(3,4)5)25-19-12-13-27(17(2)14-19)16-18-10-8-7-9-11-18/h7-11,17,19H,6,12-16H2,1-5H3,(H,26,28)(H2,23,24,25).